The third-order valence-corrected chi connectivity index (χ3v) is 5.38. The summed E-state index contributed by atoms with van der Waals surface area (Å²) in [6.45, 7) is 0.735. The monoisotopic (exact) mass is 332 g/mol. The average Bonchev–Trinajstić information content (AvgIpc) is 2.59. The predicted molar refractivity (Wildman–Crippen MR) is 88.8 cm³/mol. The Morgan fingerprint density at radius 3 is 2.65 bits per heavy atom. The fraction of sp³-hybridized carbons (Fsp3) is 0.375. The molecule has 0 unspecified atom stereocenters. The van der Waals surface area contributed by atoms with Gasteiger partial charge in [-0.15, -0.1) is 5.10 Å². The van der Waals surface area contributed by atoms with Gasteiger partial charge in [-0.05, 0) is 61.1 Å². The number of fused-ring (bicyclic) bond motifs is 1. The van der Waals surface area contributed by atoms with Crippen molar-refractivity contribution < 1.29 is 8.42 Å². The maximum atomic E-state index is 12.4. The van der Waals surface area contributed by atoms with Crippen molar-refractivity contribution in [2.24, 2.45) is 0 Å². The molecule has 0 amide bonds. The van der Waals surface area contributed by atoms with Crippen LogP contribution in [0.2, 0.25) is 0 Å². The Labute approximate surface area is 136 Å². The fourth-order valence-corrected chi connectivity index (χ4v) is 3.81. The zero-order valence-electron chi connectivity index (χ0n) is 12.8. The molecule has 6 nitrogen and oxygen atoms in total. The van der Waals surface area contributed by atoms with E-state index < -0.39 is 10.0 Å². The molecule has 1 aliphatic carbocycles. The van der Waals surface area contributed by atoms with Gasteiger partial charge in [-0.1, -0.05) is 6.07 Å². The molecular formula is C16H20N4O2S. The van der Waals surface area contributed by atoms with Gasteiger partial charge in [0.15, 0.2) is 0 Å². The number of hydrogen-bond acceptors (Lipinski definition) is 5. The number of rotatable bonds is 6. The highest BCUT2D eigenvalue weighted by Crippen LogP contribution is 2.23. The molecule has 0 fully saturated rings. The summed E-state index contributed by atoms with van der Waals surface area (Å²) in [4.78, 5) is 0.345. The Hall–Kier alpha value is -1.99. The Morgan fingerprint density at radius 1 is 1.04 bits per heavy atom. The van der Waals surface area contributed by atoms with Crippen molar-refractivity contribution in [3.8, 4) is 0 Å². The van der Waals surface area contributed by atoms with Crippen molar-refractivity contribution in [3.63, 3.8) is 0 Å². The minimum absolute atomic E-state index is 0.288. The Balaban J connectivity index is 1.58. The molecule has 1 aliphatic rings. The minimum Gasteiger partial charge on any atom is -0.367 e. The third-order valence-electron chi connectivity index (χ3n) is 3.93. The first-order chi connectivity index (χ1) is 11.1. The lowest BCUT2D eigenvalue weighted by Gasteiger charge is -2.16. The van der Waals surface area contributed by atoms with E-state index in [2.05, 4.69) is 20.2 Å². The van der Waals surface area contributed by atoms with Gasteiger partial charge in [0.05, 0.1) is 4.90 Å². The molecular weight excluding hydrogens is 312 g/mol. The second-order valence-electron chi connectivity index (χ2n) is 5.57. The SMILES string of the molecule is O=S(=O)(NCCNc1cccnn1)c1ccc2c(c1)CCCC2. The number of sulfonamides is 1. The van der Waals surface area contributed by atoms with E-state index in [4.69, 9.17) is 0 Å². The van der Waals surface area contributed by atoms with Gasteiger partial charge in [-0.2, -0.15) is 5.10 Å². The van der Waals surface area contributed by atoms with Gasteiger partial charge in [-0.3, -0.25) is 0 Å². The number of nitrogens with one attached hydrogen (secondary N) is 2. The van der Waals surface area contributed by atoms with E-state index in [9.17, 15) is 8.42 Å². The van der Waals surface area contributed by atoms with Crippen LogP contribution in [0.1, 0.15) is 24.0 Å². The maximum absolute atomic E-state index is 12.4. The van der Waals surface area contributed by atoms with Crippen LogP contribution in [0.4, 0.5) is 5.82 Å². The molecule has 0 saturated heterocycles. The van der Waals surface area contributed by atoms with Crippen LogP contribution in [-0.2, 0) is 22.9 Å². The van der Waals surface area contributed by atoms with E-state index in [0.29, 0.717) is 17.3 Å². The lowest BCUT2D eigenvalue weighted by atomic mass is 9.92. The molecule has 1 aromatic heterocycles. The second kappa shape index (κ2) is 7.06. The molecule has 0 bridgehead atoms. The lowest BCUT2D eigenvalue weighted by molar-refractivity contribution is 0.582. The smallest absolute Gasteiger partial charge is 0.240 e. The molecule has 2 aromatic rings. The highest BCUT2D eigenvalue weighted by atomic mass is 32.2. The quantitative estimate of drug-likeness (QED) is 0.787. The molecule has 0 spiro atoms. The molecule has 0 aliphatic heterocycles. The fourth-order valence-electron chi connectivity index (χ4n) is 2.73. The number of aromatic nitrogens is 2. The Bertz CT molecular complexity index is 763. The van der Waals surface area contributed by atoms with E-state index in [0.717, 1.165) is 24.8 Å². The molecule has 7 heteroatoms. The van der Waals surface area contributed by atoms with E-state index in [1.165, 1.54) is 12.0 Å². The Morgan fingerprint density at radius 2 is 1.87 bits per heavy atom. The van der Waals surface area contributed by atoms with Crippen LogP contribution >= 0.6 is 0 Å². The van der Waals surface area contributed by atoms with Gasteiger partial charge in [0.2, 0.25) is 10.0 Å². The summed E-state index contributed by atoms with van der Waals surface area (Å²) >= 11 is 0. The van der Waals surface area contributed by atoms with Crippen molar-refractivity contribution >= 4 is 15.8 Å². The molecule has 0 saturated carbocycles. The largest absolute Gasteiger partial charge is 0.367 e. The highest BCUT2D eigenvalue weighted by molar-refractivity contribution is 7.89. The molecule has 0 atom stereocenters. The number of benzene rings is 1. The number of aryl methyl sites for hydroxylation is 2. The summed E-state index contributed by atoms with van der Waals surface area (Å²) in [5, 5.41) is 10.6. The van der Waals surface area contributed by atoms with E-state index in [1.54, 1.807) is 24.4 Å². The van der Waals surface area contributed by atoms with E-state index in [1.807, 2.05) is 12.1 Å². The summed E-state index contributed by atoms with van der Waals surface area (Å²) in [5.41, 5.74) is 2.44. The molecule has 122 valence electrons. The van der Waals surface area contributed by atoms with Gasteiger partial charge in [-0.25, -0.2) is 13.1 Å². The van der Waals surface area contributed by atoms with Gasteiger partial charge in [0.25, 0.3) is 0 Å². The average molecular weight is 332 g/mol. The van der Waals surface area contributed by atoms with Crippen molar-refractivity contribution in [1.82, 2.24) is 14.9 Å². The summed E-state index contributed by atoms with van der Waals surface area (Å²) < 4.78 is 27.3. The summed E-state index contributed by atoms with van der Waals surface area (Å²) in [6, 6.07) is 9.01. The number of anilines is 1. The van der Waals surface area contributed by atoms with Crippen molar-refractivity contribution in [3.05, 3.63) is 47.7 Å². The van der Waals surface area contributed by atoms with Crippen LogP contribution in [0.15, 0.2) is 41.4 Å². The molecule has 2 N–H and O–H groups in total. The summed E-state index contributed by atoms with van der Waals surface area (Å²) in [5.74, 6) is 0.625. The first-order valence-corrected chi connectivity index (χ1v) is 9.26. The lowest BCUT2D eigenvalue weighted by Crippen LogP contribution is -2.29. The van der Waals surface area contributed by atoms with Crippen LogP contribution in [-0.4, -0.2) is 31.7 Å². The van der Waals surface area contributed by atoms with E-state index in [-0.39, 0.29) is 6.54 Å². The molecule has 1 aromatic carbocycles. The van der Waals surface area contributed by atoms with Gasteiger partial charge in [0, 0.05) is 19.3 Å². The van der Waals surface area contributed by atoms with Gasteiger partial charge in [0.1, 0.15) is 5.82 Å². The molecule has 1 heterocycles. The molecule has 23 heavy (non-hydrogen) atoms. The minimum atomic E-state index is -3.47. The topological polar surface area (TPSA) is 84.0 Å². The molecule has 0 radical (unpaired) electrons. The number of nitrogens with zero attached hydrogens (tertiary/aromatic N) is 2. The van der Waals surface area contributed by atoms with Gasteiger partial charge >= 0.3 is 0 Å². The summed E-state index contributed by atoms with van der Waals surface area (Å²) in [6.07, 6.45) is 5.92. The highest BCUT2D eigenvalue weighted by Gasteiger charge is 2.17. The van der Waals surface area contributed by atoms with Gasteiger partial charge < -0.3 is 5.32 Å². The third kappa shape index (κ3) is 4.05. The van der Waals surface area contributed by atoms with E-state index >= 15 is 0 Å². The van der Waals surface area contributed by atoms with Crippen molar-refractivity contribution in [1.29, 1.82) is 0 Å². The van der Waals surface area contributed by atoms with Crippen LogP contribution in [0, 0.1) is 0 Å². The van der Waals surface area contributed by atoms with Crippen molar-refractivity contribution in [2.45, 2.75) is 30.6 Å². The zero-order chi connectivity index (χ0) is 16.1. The first-order valence-electron chi connectivity index (χ1n) is 7.78. The van der Waals surface area contributed by atoms with Crippen LogP contribution in [0.5, 0.6) is 0 Å². The second-order valence-corrected chi connectivity index (χ2v) is 7.34. The standard InChI is InChI=1S/C16H20N4O2S/c21-23(22,19-11-10-17-16-6-3-9-18-20-16)15-8-7-13-4-1-2-5-14(13)12-15/h3,6-9,12,19H,1-2,4-5,10-11H2,(H,17,20). The molecule has 3 rings (SSSR count). The van der Waals surface area contributed by atoms with Crippen LogP contribution in [0.25, 0.3) is 0 Å². The zero-order valence-corrected chi connectivity index (χ0v) is 13.6. The number of hydrogen-bond donors (Lipinski definition) is 2. The predicted octanol–water partition coefficient (Wildman–Crippen LogP) is 1.75. The normalized spacial score (nSPS) is 14.3. The van der Waals surface area contributed by atoms with Crippen molar-refractivity contribution in [2.75, 3.05) is 18.4 Å². The Kier molecular flexibility index (Phi) is 4.88. The first kappa shape index (κ1) is 15.9. The van der Waals surface area contributed by atoms with Crippen LogP contribution < -0.4 is 10.0 Å². The summed E-state index contributed by atoms with van der Waals surface area (Å²) in [7, 11) is -3.47. The maximum Gasteiger partial charge on any atom is 0.240 e. The van der Waals surface area contributed by atoms with Crippen LogP contribution in [0.3, 0.4) is 0 Å².